The third-order valence-electron chi connectivity index (χ3n) is 5.86. The predicted octanol–water partition coefficient (Wildman–Crippen LogP) is 4.03. The number of aromatic nitrogens is 2. The second-order valence-electron chi connectivity index (χ2n) is 7.73. The predicted molar refractivity (Wildman–Crippen MR) is 116 cm³/mol. The van der Waals surface area contributed by atoms with Crippen LogP contribution in [0.25, 0.3) is 16.5 Å². The molecule has 0 saturated heterocycles. The summed E-state index contributed by atoms with van der Waals surface area (Å²) in [7, 11) is 0. The Bertz CT molecular complexity index is 1280. The fourth-order valence-electron chi connectivity index (χ4n) is 4.08. The molecule has 1 unspecified atom stereocenters. The third kappa shape index (κ3) is 3.08. The van der Waals surface area contributed by atoms with Crippen molar-refractivity contribution in [2.45, 2.75) is 25.9 Å². The lowest BCUT2D eigenvalue weighted by Crippen LogP contribution is -2.29. The molecule has 4 aromatic rings. The van der Waals surface area contributed by atoms with Crippen molar-refractivity contribution in [1.29, 1.82) is 0 Å². The largest absolute Gasteiger partial charge is 0.334 e. The van der Waals surface area contributed by atoms with Gasteiger partial charge < -0.3 is 4.90 Å². The number of rotatable bonds is 3. The molecule has 1 aliphatic rings. The first-order chi connectivity index (χ1) is 14.6. The minimum absolute atomic E-state index is 0.111. The van der Waals surface area contributed by atoms with Gasteiger partial charge in [-0.25, -0.2) is 0 Å². The number of hydrogen-bond acceptors (Lipinski definition) is 3. The van der Waals surface area contributed by atoms with E-state index >= 15 is 0 Å². The minimum Gasteiger partial charge on any atom is -0.334 e. The highest BCUT2D eigenvalue weighted by Gasteiger charge is 2.27. The SMILES string of the molecule is CC(C(=O)N1Cc2ccccc2C1)c1ccc(-n2ncc3ccccc3c2=O)cc1. The molecule has 1 amide bonds. The number of amides is 1. The zero-order chi connectivity index (χ0) is 20.7. The van der Waals surface area contributed by atoms with E-state index in [0.29, 0.717) is 24.2 Å². The van der Waals surface area contributed by atoms with Gasteiger partial charge in [0.1, 0.15) is 0 Å². The van der Waals surface area contributed by atoms with Crippen LogP contribution in [0.5, 0.6) is 0 Å². The Kier molecular flexibility index (Phi) is 4.43. The topological polar surface area (TPSA) is 55.2 Å². The van der Waals surface area contributed by atoms with Gasteiger partial charge in [0.05, 0.1) is 23.2 Å². The molecule has 0 aliphatic carbocycles. The van der Waals surface area contributed by atoms with Crippen molar-refractivity contribution in [3.8, 4) is 5.69 Å². The molecule has 0 N–H and O–H groups in total. The molecule has 1 atom stereocenters. The number of carbonyl (C=O) groups excluding carboxylic acids is 1. The van der Waals surface area contributed by atoms with Gasteiger partial charge in [-0.3, -0.25) is 9.59 Å². The standard InChI is InChI=1S/C25H21N3O2/c1-17(24(29)27-15-20-7-2-3-8-21(20)16-27)18-10-12-22(13-11-18)28-25(30)23-9-5-4-6-19(23)14-26-28/h2-14,17H,15-16H2,1H3. The Morgan fingerprint density at radius 1 is 0.900 bits per heavy atom. The van der Waals surface area contributed by atoms with E-state index < -0.39 is 0 Å². The lowest BCUT2D eigenvalue weighted by molar-refractivity contribution is -0.133. The summed E-state index contributed by atoms with van der Waals surface area (Å²) < 4.78 is 1.40. The first-order valence-electron chi connectivity index (χ1n) is 10.0. The molecule has 0 spiro atoms. The summed E-state index contributed by atoms with van der Waals surface area (Å²) in [6.45, 7) is 3.25. The molecule has 5 nitrogen and oxygen atoms in total. The quantitative estimate of drug-likeness (QED) is 0.526. The van der Waals surface area contributed by atoms with Crippen molar-refractivity contribution in [2.75, 3.05) is 0 Å². The number of nitrogens with zero attached hydrogens (tertiary/aromatic N) is 3. The molecular weight excluding hydrogens is 374 g/mol. The van der Waals surface area contributed by atoms with Gasteiger partial charge in [-0.15, -0.1) is 0 Å². The van der Waals surface area contributed by atoms with Crippen LogP contribution >= 0.6 is 0 Å². The monoisotopic (exact) mass is 395 g/mol. The van der Waals surface area contributed by atoms with E-state index in [1.54, 1.807) is 12.3 Å². The Hall–Kier alpha value is -3.73. The highest BCUT2D eigenvalue weighted by Crippen LogP contribution is 2.27. The molecule has 30 heavy (non-hydrogen) atoms. The summed E-state index contributed by atoms with van der Waals surface area (Å²) >= 11 is 0. The smallest absolute Gasteiger partial charge is 0.279 e. The molecule has 5 heteroatoms. The number of benzene rings is 3. The maximum atomic E-state index is 13.0. The van der Waals surface area contributed by atoms with Crippen LogP contribution in [-0.2, 0) is 17.9 Å². The molecule has 2 heterocycles. The summed E-state index contributed by atoms with van der Waals surface area (Å²) in [4.78, 5) is 27.7. The van der Waals surface area contributed by atoms with Gasteiger partial charge in [-0.1, -0.05) is 54.6 Å². The Labute approximate surface area is 174 Å². The van der Waals surface area contributed by atoms with E-state index in [4.69, 9.17) is 0 Å². The van der Waals surface area contributed by atoms with Gasteiger partial charge in [0.15, 0.2) is 0 Å². The average Bonchev–Trinajstić information content (AvgIpc) is 3.23. The Morgan fingerprint density at radius 3 is 2.23 bits per heavy atom. The van der Waals surface area contributed by atoms with E-state index in [9.17, 15) is 9.59 Å². The highest BCUT2D eigenvalue weighted by atomic mass is 16.2. The maximum absolute atomic E-state index is 13.0. The van der Waals surface area contributed by atoms with Gasteiger partial charge in [0, 0.05) is 18.5 Å². The van der Waals surface area contributed by atoms with Crippen LogP contribution in [0, 0.1) is 0 Å². The van der Waals surface area contributed by atoms with Crippen molar-refractivity contribution in [3.05, 3.63) is 106 Å². The summed E-state index contributed by atoms with van der Waals surface area (Å²) in [5, 5.41) is 5.75. The van der Waals surface area contributed by atoms with Gasteiger partial charge in [-0.05, 0) is 41.8 Å². The van der Waals surface area contributed by atoms with Gasteiger partial charge in [0.2, 0.25) is 5.91 Å². The van der Waals surface area contributed by atoms with E-state index in [1.807, 2.05) is 66.4 Å². The number of hydrogen-bond donors (Lipinski definition) is 0. The van der Waals surface area contributed by atoms with Crippen LogP contribution in [0.3, 0.4) is 0 Å². The summed E-state index contributed by atoms with van der Waals surface area (Å²) in [5.74, 6) is -0.144. The first-order valence-corrected chi connectivity index (χ1v) is 10.0. The van der Waals surface area contributed by atoms with Gasteiger partial charge in [0.25, 0.3) is 5.56 Å². The van der Waals surface area contributed by atoms with E-state index in [2.05, 4.69) is 17.2 Å². The van der Waals surface area contributed by atoms with Crippen molar-refractivity contribution >= 4 is 16.7 Å². The van der Waals surface area contributed by atoms with Crippen LogP contribution in [0.1, 0.15) is 29.5 Å². The number of fused-ring (bicyclic) bond motifs is 2. The fraction of sp³-hybridized carbons (Fsp3) is 0.160. The molecular formula is C25H21N3O2. The second kappa shape index (κ2) is 7.26. The summed E-state index contributed by atoms with van der Waals surface area (Å²) in [5.41, 5.74) is 3.89. The van der Waals surface area contributed by atoms with E-state index in [1.165, 1.54) is 15.8 Å². The Balaban J connectivity index is 1.38. The van der Waals surface area contributed by atoms with Crippen molar-refractivity contribution in [3.63, 3.8) is 0 Å². The zero-order valence-corrected chi connectivity index (χ0v) is 16.7. The van der Waals surface area contributed by atoms with Gasteiger partial charge in [-0.2, -0.15) is 9.78 Å². The fourth-order valence-corrected chi connectivity index (χ4v) is 4.08. The second-order valence-corrected chi connectivity index (χ2v) is 7.73. The molecule has 1 aliphatic heterocycles. The minimum atomic E-state index is -0.255. The highest BCUT2D eigenvalue weighted by molar-refractivity contribution is 5.84. The van der Waals surface area contributed by atoms with Crippen LogP contribution in [-0.4, -0.2) is 20.6 Å². The molecule has 148 valence electrons. The molecule has 0 bridgehead atoms. The Morgan fingerprint density at radius 2 is 1.53 bits per heavy atom. The zero-order valence-electron chi connectivity index (χ0n) is 16.7. The summed E-state index contributed by atoms with van der Waals surface area (Å²) in [6, 6.07) is 23.1. The molecule has 0 radical (unpaired) electrons. The van der Waals surface area contributed by atoms with Crippen molar-refractivity contribution in [1.82, 2.24) is 14.7 Å². The van der Waals surface area contributed by atoms with E-state index in [-0.39, 0.29) is 17.4 Å². The molecule has 0 saturated carbocycles. The third-order valence-corrected chi connectivity index (χ3v) is 5.86. The normalized spacial score (nSPS) is 14.0. The van der Waals surface area contributed by atoms with E-state index in [0.717, 1.165) is 10.9 Å². The van der Waals surface area contributed by atoms with Gasteiger partial charge >= 0.3 is 0 Å². The average molecular weight is 395 g/mol. The summed E-state index contributed by atoms with van der Waals surface area (Å²) in [6.07, 6.45) is 1.70. The number of carbonyl (C=O) groups is 1. The van der Waals surface area contributed by atoms with Crippen LogP contribution in [0.2, 0.25) is 0 Å². The lowest BCUT2D eigenvalue weighted by atomic mass is 9.99. The van der Waals surface area contributed by atoms with Crippen LogP contribution in [0.4, 0.5) is 0 Å². The van der Waals surface area contributed by atoms with Crippen molar-refractivity contribution < 1.29 is 4.79 Å². The maximum Gasteiger partial charge on any atom is 0.279 e. The lowest BCUT2D eigenvalue weighted by Gasteiger charge is -2.21. The molecule has 1 aromatic heterocycles. The van der Waals surface area contributed by atoms with Crippen LogP contribution < -0.4 is 5.56 Å². The first kappa shape index (κ1) is 18.3. The van der Waals surface area contributed by atoms with Crippen LogP contribution in [0.15, 0.2) is 83.8 Å². The molecule has 5 rings (SSSR count). The van der Waals surface area contributed by atoms with Crippen molar-refractivity contribution in [2.24, 2.45) is 0 Å². The molecule has 3 aromatic carbocycles. The molecule has 0 fully saturated rings.